The number of amides is 3. The van der Waals surface area contributed by atoms with Gasteiger partial charge in [-0.1, -0.05) is 17.7 Å². The molecule has 0 bridgehead atoms. The molecular formula is C18H24ClN3O3. The zero-order chi connectivity index (χ0) is 18.6. The van der Waals surface area contributed by atoms with Gasteiger partial charge in [0, 0.05) is 63.7 Å². The van der Waals surface area contributed by atoms with E-state index in [1.165, 1.54) is 13.8 Å². The molecule has 0 aliphatic carbocycles. The zero-order valence-corrected chi connectivity index (χ0v) is 15.7. The fraction of sp³-hybridized carbons (Fsp3) is 0.500. The van der Waals surface area contributed by atoms with E-state index in [2.05, 4.69) is 0 Å². The Labute approximate surface area is 153 Å². The molecule has 0 N–H and O–H groups in total. The molecule has 136 valence electrons. The van der Waals surface area contributed by atoms with Crippen molar-refractivity contribution in [1.82, 2.24) is 9.80 Å². The summed E-state index contributed by atoms with van der Waals surface area (Å²) in [5.74, 6) is -0.104. The van der Waals surface area contributed by atoms with Crippen LogP contribution in [-0.4, -0.2) is 60.2 Å². The van der Waals surface area contributed by atoms with Crippen molar-refractivity contribution in [1.29, 1.82) is 0 Å². The molecule has 2 rings (SSSR count). The quantitative estimate of drug-likeness (QED) is 0.820. The Morgan fingerprint density at radius 1 is 1.08 bits per heavy atom. The lowest BCUT2D eigenvalue weighted by molar-refractivity contribution is -0.138. The number of carbonyl (C=O) groups excluding carboxylic acids is 3. The molecule has 0 radical (unpaired) electrons. The molecule has 7 heteroatoms. The Kier molecular flexibility index (Phi) is 6.42. The van der Waals surface area contributed by atoms with Gasteiger partial charge in [0.15, 0.2) is 0 Å². The van der Waals surface area contributed by atoms with Crippen LogP contribution < -0.4 is 4.90 Å². The summed E-state index contributed by atoms with van der Waals surface area (Å²) in [4.78, 5) is 40.8. The fourth-order valence-electron chi connectivity index (χ4n) is 2.85. The first-order valence-electron chi connectivity index (χ1n) is 8.37. The highest BCUT2D eigenvalue weighted by molar-refractivity contribution is 6.31. The first-order valence-corrected chi connectivity index (χ1v) is 8.75. The Hall–Kier alpha value is -2.08. The monoisotopic (exact) mass is 365 g/mol. The van der Waals surface area contributed by atoms with E-state index in [1.54, 1.807) is 20.8 Å². The Morgan fingerprint density at radius 3 is 2.20 bits per heavy atom. The van der Waals surface area contributed by atoms with Gasteiger partial charge in [-0.05, 0) is 24.6 Å². The molecule has 25 heavy (non-hydrogen) atoms. The van der Waals surface area contributed by atoms with Gasteiger partial charge in [0.25, 0.3) is 0 Å². The minimum atomic E-state index is -0.130. The van der Waals surface area contributed by atoms with Crippen molar-refractivity contribution in [3.05, 3.63) is 28.8 Å². The Balaban J connectivity index is 1.95. The first-order chi connectivity index (χ1) is 11.8. The van der Waals surface area contributed by atoms with Crippen LogP contribution in [0, 0.1) is 6.92 Å². The lowest BCUT2D eigenvalue weighted by atomic mass is 10.2. The standard InChI is InChI=1S/C18H24ClN3O3/c1-13-4-5-16(12-17(13)19)22(15(3)24)7-6-18(25)21-10-8-20(9-11-21)14(2)23/h4-5,12H,6-11H2,1-3H3. The van der Waals surface area contributed by atoms with E-state index in [0.717, 1.165) is 5.56 Å². The molecule has 1 aromatic carbocycles. The van der Waals surface area contributed by atoms with E-state index in [4.69, 9.17) is 11.6 Å². The molecule has 3 amide bonds. The highest BCUT2D eigenvalue weighted by atomic mass is 35.5. The topological polar surface area (TPSA) is 60.9 Å². The van der Waals surface area contributed by atoms with Gasteiger partial charge >= 0.3 is 0 Å². The first kappa shape index (κ1) is 19.2. The highest BCUT2D eigenvalue weighted by Gasteiger charge is 2.23. The second kappa shape index (κ2) is 8.34. The smallest absolute Gasteiger partial charge is 0.224 e. The molecule has 1 aliphatic rings. The third kappa shape index (κ3) is 4.95. The minimum absolute atomic E-state index is 0.00680. The Morgan fingerprint density at radius 2 is 1.68 bits per heavy atom. The molecule has 0 atom stereocenters. The van der Waals surface area contributed by atoms with Crippen LogP contribution in [0.4, 0.5) is 5.69 Å². The average Bonchev–Trinajstić information content (AvgIpc) is 2.57. The van der Waals surface area contributed by atoms with Crippen molar-refractivity contribution < 1.29 is 14.4 Å². The third-order valence-electron chi connectivity index (χ3n) is 4.47. The van der Waals surface area contributed by atoms with E-state index >= 15 is 0 Å². The average molecular weight is 366 g/mol. The second-order valence-corrected chi connectivity index (χ2v) is 6.65. The van der Waals surface area contributed by atoms with Crippen LogP contribution in [0.3, 0.4) is 0 Å². The summed E-state index contributed by atoms with van der Waals surface area (Å²) in [6.45, 7) is 7.41. The maximum Gasteiger partial charge on any atom is 0.224 e. The van der Waals surface area contributed by atoms with Gasteiger partial charge in [-0.3, -0.25) is 14.4 Å². The largest absolute Gasteiger partial charge is 0.339 e. The summed E-state index contributed by atoms with van der Waals surface area (Å²) < 4.78 is 0. The van der Waals surface area contributed by atoms with Crippen molar-refractivity contribution in [2.24, 2.45) is 0 Å². The van der Waals surface area contributed by atoms with Crippen LogP contribution in [0.15, 0.2) is 18.2 Å². The van der Waals surface area contributed by atoms with Crippen molar-refractivity contribution in [3.63, 3.8) is 0 Å². The van der Waals surface area contributed by atoms with Gasteiger partial charge in [0.05, 0.1) is 0 Å². The van der Waals surface area contributed by atoms with Crippen molar-refractivity contribution in [3.8, 4) is 0 Å². The molecule has 6 nitrogen and oxygen atoms in total. The van der Waals surface area contributed by atoms with Crippen LogP contribution in [0.1, 0.15) is 25.8 Å². The molecule has 1 aliphatic heterocycles. The number of rotatable bonds is 4. The number of aryl methyl sites for hydroxylation is 1. The Bertz CT molecular complexity index is 670. The molecule has 1 fully saturated rings. The van der Waals surface area contributed by atoms with Crippen LogP contribution in [0.5, 0.6) is 0 Å². The summed E-state index contributed by atoms with van der Waals surface area (Å²) in [5, 5.41) is 0.593. The van der Waals surface area contributed by atoms with E-state index in [9.17, 15) is 14.4 Å². The van der Waals surface area contributed by atoms with Gasteiger partial charge < -0.3 is 14.7 Å². The summed E-state index contributed by atoms with van der Waals surface area (Å²) in [6.07, 6.45) is 0.241. The third-order valence-corrected chi connectivity index (χ3v) is 4.88. The van der Waals surface area contributed by atoms with Gasteiger partial charge in [-0.25, -0.2) is 0 Å². The van der Waals surface area contributed by atoms with E-state index in [-0.39, 0.29) is 24.1 Å². The summed E-state index contributed by atoms with van der Waals surface area (Å²) in [7, 11) is 0. The molecular weight excluding hydrogens is 342 g/mol. The van der Waals surface area contributed by atoms with Crippen LogP contribution in [-0.2, 0) is 14.4 Å². The number of hydrogen-bond acceptors (Lipinski definition) is 3. The van der Waals surface area contributed by atoms with Gasteiger partial charge in [-0.15, -0.1) is 0 Å². The molecule has 0 aromatic heterocycles. The molecule has 1 saturated heterocycles. The van der Waals surface area contributed by atoms with E-state index < -0.39 is 0 Å². The number of anilines is 1. The maximum atomic E-state index is 12.4. The number of piperazine rings is 1. The van der Waals surface area contributed by atoms with Crippen molar-refractivity contribution >= 4 is 35.0 Å². The molecule has 0 spiro atoms. The predicted octanol–water partition coefficient (Wildman–Crippen LogP) is 2.08. The van der Waals surface area contributed by atoms with E-state index in [1.807, 2.05) is 19.1 Å². The van der Waals surface area contributed by atoms with Gasteiger partial charge in [0.2, 0.25) is 17.7 Å². The number of nitrogens with zero attached hydrogens (tertiary/aromatic N) is 3. The number of halogens is 1. The summed E-state index contributed by atoms with van der Waals surface area (Å²) in [6, 6.07) is 5.43. The predicted molar refractivity (Wildman–Crippen MR) is 97.7 cm³/mol. The minimum Gasteiger partial charge on any atom is -0.339 e. The number of benzene rings is 1. The van der Waals surface area contributed by atoms with Gasteiger partial charge in [-0.2, -0.15) is 0 Å². The summed E-state index contributed by atoms with van der Waals surface area (Å²) in [5.41, 5.74) is 1.63. The molecule has 1 heterocycles. The van der Waals surface area contributed by atoms with Crippen LogP contribution in [0.2, 0.25) is 5.02 Å². The fourth-order valence-corrected chi connectivity index (χ4v) is 3.03. The normalized spacial score (nSPS) is 14.4. The second-order valence-electron chi connectivity index (χ2n) is 6.24. The molecule has 0 unspecified atom stereocenters. The van der Waals surface area contributed by atoms with Crippen molar-refractivity contribution in [2.45, 2.75) is 27.2 Å². The lowest BCUT2D eigenvalue weighted by Crippen LogP contribution is -2.50. The number of hydrogen-bond donors (Lipinski definition) is 0. The highest BCUT2D eigenvalue weighted by Crippen LogP contribution is 2.23. The van der Waals surface area contributed by atoms with Gasteiger partial charge in [0.1, 0.15) is 0 Å². The van der Waals surface area contributed by atoms with E-state index in [0.29, 0.717) is 43.4 Å². The van der Waals surface area contributed by atoms with Crippen LogP contribution >= 0.6 is 11.6 Å². The lowest BCUT2D eigenvalue weighted by Gasteiger charge is -2.34. The van der Waals surface area contributed by atoms with Crippen molar-refractivity contribution in [2.75, 3.05) is 37.6 Å². The van der Waals surface area contributed by atoms with Crippen LogP contribution in [0.25, 0.3) is 0 Å². The molecule has 0 saturated carbocycles. The summed E-state index contributed by atoms with van der Waals surface area (Å²) >= 11 is 6.14. The SMILES string of the molecule is CC(=O)N1CCN(C(=O)CCN(C(C)=O)c2ccc(C)c(Cl)c2)CC1. The molecule has 1 aromatic rings. The maximum absolute atomic E-state index is 12.4. The number of carbonyl (C=O) groups is 3. The zero-order valence-electron chi connectivity index (χ0n) is 14.9.